The van der Waals surface area contributed by atoms with E-state index in [1.807, 2.05) is 30.3 Å². The Morgan fingerprint density at radius 3 is 2.84 bits per heavy atom. The third kappa shape index (κ3) is 3.74. The first-order valence-electron chi connectivity index (χ1n) is 7.96. The van der Waals surface area contributed by atoms with E-state index in [0.717, 1.165) is 28.4 Å². The third-order valence-corrected chi connectivity index (χ3v) is 5.86. The Morgan fingerprint density at radius 1 is 1.32 bits per heavy atom. The standard InChI is InChI=1S/C17H16N4O2S2/c1-11(22)21(14-7-8-14)16-19-20-17(25-16)24-10-13-9-23-15(18-13)12-5-3-2-4-6-12/h2-6,9,14H,7-8,10H2,1H3. The first kappa shape index (κ1) is 16.3. The van der Waals surface area contributed by atoms with Gasteiger partial charge in [-0.2, -0.15) is 0 Å². The maximum Gasteiger partial charge on any atom is 0.226 e. The van der Waals surface area contributed by atoms with Crippen molar-refractivity contribution in [3.63, 3.8) is 0 Å². The van der Waals surface area contributed by atoms with Crippen LogP contribution in [0.4, 0.5) is 5.13 Å². The molecule has 3 aromatic rings. The number of amides is 1. The van der Waals surface area contributed by atoms with E-state index in [-0.39, 0.29) is 5.91 Å². The SMILES string of the molecule is CC(=O)N(c1nnc(SCc2coc(-c3ccccc3)n2)s1)C1CC1. The molecule has 0 saturated heterocycles. The number of aromatic nitrogens is 3. The smallest absolute Gasteiger partial charge is 0.226 e. The number of oxazole rings is 1. The van der Waals surface area contributed by atoms with Crippen molar-refractivity contribution in [2.24, 2.45) is 0 Å². The maximum absolute atomic E-state index is 11.8. The van der Waals surface area contributed by atoms with Crippen molar-refractivity contribution >= 4 is 34.1 Å². The second-order valence-corrected chi connectivity index (χ2v) is 7.95. The molecule has 1 aliphatic rings. The van der Waals surface area contributed by atoms with Gasteiger partial charge in [-0.3, -0.25) is 9.69 Å². The van der Waals surface area contributed by atoms with Gasteiger partial charge >= 0.3 is 0 Å². The Hall–Kier alpha value is -2.19. The fourth-order valence-electron chi connectivity index (χ4n) is 2.46. The largest absolute Gasteiger partial charge is 0.444 e. The molecule has 4 rings (SSSR count). The van der Waals surface area contributed by atoms with E-state index in [9.17, 15) is 4.79 Å². The minimum absolute atomic E-state index is 0.0270. The van der Waals surface area contributed by atoms with Gasteiger partial charge < -0.3 is 4.42 Å². The number of anilines is 1. The summed E-state index contributed by atoms with van der Waals surface area (Å²) in [7, 11) is 0. The molecule has 0 bridgehead atoms. The number of carbonyl (C=O) groups is 1. The lowest BCUT2D eigenvalue weighted by Gasteiger charge is -2.15. The van der Waals surface area contributed by atoms with Crippen molar-refractivity contribution in [2.75, 3.05) is 4.90 Å². The molecule has 25 heavy (non-hydrogen) atoms. The molecule has 2 aromatic heterocycles. The van der Waals surface area contributed by atoms with Crippen molar-refractivity contribution in [1.82, 2.24) is 15.2 Å². The zero-order valence-electron chi connectivity index (χ0n) is 13.6. The van der Waals surface area contributed by atoms with Crippen LogP contribution in [-0.4, -0.2) is 27.1 Å². The fraction of sp³-hybridized carbons (Fsp3) is 0.294. The van der Waals surface area contributed by atoms with Crippen molar-refractivity contribution in [3.05, 3.63) is 42.3 Å². The summed E-state index contributed by atoms with van der Waals surface area (Å²) in [5.41, 5.74) is 1.81. The number of nitrogens with zero attached hydrogens (tertiary/aromatic N) is 4. The van der Waals surface area contributed by atoms with Gasteiger partial charge in [0.05, 0.1) is 5.69 Å². The summed E-state index contributed by atoms with van der Waals surface area (Å²) in [5, 5.41) is 9.04. The van der Waals surface area contributed by atoms with Crippen LogP contribution in [0.5, 0.6) is 0 Å². The normalized spacial score (nSPS) is 13.8. The number of rotatable bonds is 6. The van der Waals surface area contributed by atoms with Gasteiger partial charge in [0.2, 0.25) is 16.9 Å². The quantitative estimate of drug-likeness (QED) is 0.481. The van der Waals surface area contributed by atoms with Crippen LogP contribution in [0.2, 0.25) is 0 Å². The molecule has 1 saturated carbocycles. The first-order valence-corrected chi connectivity index (χ1v) is 9.77. The van der Waals surface area contributed by atoms with E-state index >= 15 is 0 Å². The van der Waals surface area contributed by atoms with E-state index in [0.29, 0.717) is 22.8 Å². The lowest BCUT2D eigenvalue weighted by atomic mass is 10.2. The second kappa shape index (κ2) is 6.97. The molecule has 1 aromatic carbocycles. The molecule has 1 aliphatic carbocycles. The zero-order chi connectivity index (χ0) is 17.2. The molecule has 0 atom stereocenters. The summed E-state index contributed by atoms with van der Waals surface area (Å²) in [6, 6.07) is 10.1. The average Bonchev–Trinajstić information content (AvgIpc) is 3.14. The molecule has 0 radical (unpaired) electrons. The predicted molar refractivity (Wildman–Crippen MR) is 97.6 cm³/mol. The van der Waals surface area contributed by atoms with E-state index in [2.05, 4.69) is 15.2 Å². The van der Waals surface area contributed by atoms with Gasteiger partial charge in [-0.15, -0.1) is 10.2 Å². The van der Waals surface area contributed by atoms with Crippen LogP contribution >= 0.6 is 23.1 Å². The monoisotopic (exact) mass is 372 g/mol. The molecule has 6 nitrogen and oxygen atoms in total. The van der Waals surface area contributed by atoms with Crippen LogP contribution in [0.25, 0.3) is 11.5 Å². The molecule has 1 amide bonds. The summed E-state index contributed by atoms with van der Waals surface area (Å²) in [6.45, 7) is 1.58. The molecule has 8 heteroatoms. The van der Waals surface area contributed by atoms with Gasteiger partial charge in [0.25, 0.3) is 0 Å². The number of carbonyl (C=O) groups excluding carboxylic acids is 1. The fourth-order valence-corrected chi connectivity index (χ4v) is 4.30. The average molecular weight is 372 g/mol. The summed E-state index contributed by atoms with van der Waals surface area (Å²) in [6.07, 6.45) is 3.76. The highest BCUT2D eigenvalue weighted by Gasteiger charge is 2.34. The number of benzene rings is 1. The molecule has 0 spiro atoms. The van der Waals surface area contributed by atoms with E-state index in [4.69, 9.17) is 4.42 Å². The summed E-state index contributed by atoms with van der Waals surface area (Å²) >= 11 is 3.00. The van der Waals surface area contributed by atoms with Gasteiger partial charge in [0.1, 0.15) is 6.26 Å². The maximum atomic E-state index is 11.8. The Bertz CT molecular complexity index is 874. The third-order valence-electron chi connectivity index (χ3n) is 3.77. The van der Waals surface area contributed by atoms with Crippen molar-refractivity contribution in [2.45, 2.75) is 35.9 Å². The Kier molecular flexibility index (Phi) is 4.54. The Labute approximate surface area is 153 Å². The van der Waals surface area contributed by atoms with Gasteiger partial charge in [-0.05, 0) is 25.0 Å². The second-order valence-electron chi connectivity index (χ2n) is 5.77. The van der Waals surface area contributed by atoms with Crippen LogP contribution in [0, 0.1) is 0 Å². The van der Waals surface area contributed by atoms with Gasteiger partial charge in [-0.25, -0.2) is 4.98 Å². The molecular formula is C17H16N4O2S2. The topological polar surface area (TPSA) is 72.1 Å². The van der Waals surface area contributed by atoms with E-state index in [1.165, 1.54) is 11.3 Å². The van der Waals surface area contributed by atoms with E-state index < -0.39 is 0 Å². The van der Waals surface area contributed by atoms with Crippen LogP contribution in [0.1, 0.15) is 25.5 Å². The van der Waals surface area contributed by atoms with Crippen LogP contribution in [0.15, 0.2) is 45.4 Å². The van der Waals surface area contributed by atoms with Crippen LogP contribution in [-0.2, 0) is 10.5 Å². The van der Waals surface area contributed by atoms with Gasteiger partial charge in [0.15, 0.2) is 4.34 Å². The minimum Gasteiger partial charge on any atom is -0.444 e. The Balaban J connectivity index is 1.41. The highest BCUT2D eigenvalue weighted by atomic mass is 32.2. The number of hydrogen-bond donors (Lipinski definition) is 0. The molecule has 0 N–H and O–H groups in total. The summed E-state index contributed by atoms with van der Waals surface area (Å²) < 4.78 is 6.37. The minimum atomic E-state index is 0.0270. The molecule has 0 unspecified atom stereocenters. The number of hydrogen-bond acceptors (Lipinski definition) is 7. The van der Waals surface area contributed by atoms with Crippen molar-refractivity contribution in [3.8, 4) is 11.5 Å². The van der Waals surface area contributed by atoms with Crippen molar-refractivity contribution in [1.29, 1.82) is 0 Å². The molecule has 2 heterocycles. The summed E-state index contributed by atoms with van der Waals surface area (Å²) in [5.74, 6) is 1.29. The highest BCUT2D eigenvalue weighted by molar-refractivity contribution is 8.00. The first-order chi connectivity index (χ1) is 12.2. The summed E-state index contributed by atoms with van der Waals surface area (Å²) in [4.78, 5) is 18.1. The molecule has 128 valence electrons. The van der Waals surface area contributed by atoms with Gasteiger partial charge in [-0.1, -0.05) is 41.3 Å². The Morgan fingerprint density at radius 2 is 2.12 bits per heavy atom. The molecule has 0 aliphatic heterocycles. The highest BCUT2D eigenvalue weighted by Crippen LogP contribution is 2.36. The van der Waals surface area contributed by atoms with Crippen LogP contribution in [0.3, 0.4) is 0 Å². The van der Waals surface area contributed by atoms with Crippen molar-refractivity contribution < 1.29 is 9.21 Å². The van der Waals surface area contributed by atoms with E-state index in [1.54, 1.807) is 29.8 Å². The van der Waals surface area contributed by atoms with Crippen LogP contribution < -0.4 is 4.90 Å². The predicted octanol–water partition coefficient (Wildman–Crippen LogP) is 4.00. The molecule has 1 fully saturated rings. The lowest BCUT2D eigenvalue weighted by Crippen LogP contribution is -2.30. The van der Waals surface area contributed by atoms with Gasteiger partial charge in [0, 0.05) is 24.3 Å². The molecular weight excluding hydrogens is 356 g/mol. The number of thioether (sulfide) groups is 1. The lowest BCUT2D eigenvalue weighted by molar-refractivity contribution is -0.116. The zero-order valence-corrected chi connectivity index (χ0v) is 15.2.